The molecule has 1 N–H and O–H groups in total. The molecule has 2 aromatic heterocycles. The van der Waals surface area contributed by atoms with Crippen molar-refractivity contribution in [3.05, 3.63) is 81.5 Å². The number of hydrogen-bond donors (Lipinski definition) is 1. The number of nitrogens with one attached hydrogen (secondary N) is 1. The number of amides is 2. The Morgan fingerprint density at radius 2 is 1.94 bits per heavy atom. The van der Waals surface area contributed by atoms with Gasteiger partial charge in [-0.2, -0.15) is 0 Å². The second-order valence-electron chi connectivity index (χ2n) is 7.54. The summed E-state index contributed by atoms with van der Waals surface area (Å²) in [6, 6.07) is 18.9. The summed E-state index contributed by atoms with van der Waals surface area (Å²) in [6.45, 7) is 0.713. The third kappa shape index (κ3) is 4.11. The standard InChI is InChI=1S/C24H21N3O2S2/c28-22(21-12-6-14-30-21)25-17-8-5-7-16(15-17)24(29)27-13-4-3-10-19(27)23-26-18-9-1-2-11-20(18)31-23/h1-2,5-9,11-12,14-15,19H,3-4,10,13H2,(H,25,28)/t19-/m1/s1. The fourth-order valence-electron chi connectivity index (χ4n) is 3.96. The number of likely N-dealkylation sites (tertiary alicyclic amines) is 1. The van der Waals surface area contributed by atoms with E-state index in [0.29, 0.717) is 22.7 Å². The van der Waals surface area contributed by atoms with Gasteiger partial charge in [0.15, 0.2) is 0 Å². The van der Waals surface area contributed by atoms with Crippen LogP contribution in [0.1, 0.15) is 50.3 Å². The van der Waals surface area contributed by atoms with Gasteiger partial charge >= 0.3 is 0 Å². The predicted molar refractivity (Wildman–Crippen MR) is 126 cm³/mol. The number of piperidine rings is 1. The maximum absolute atomic E-state index is 13.5. The van der Waals surface area contributed by atoms with Crippen molar-refractivity contribution < 1.29 is 9.59 Å². The van der Waals surface area contributed by atoms with Crippen molar-refractivity contribution in [1.82, 2.24) is 9.88 Å². The van der Waals surface area contributed by atoms with Gasteiger partial charge < -0.3 is 10.2 Å². The summed E-state index contributed by atoms with van der Waals surface area (Å²) in [5.41, 5.74) is 2.19. The smallest absolute Gasteiger partial charge is 0.265 e. The first-order chi connectivity index (χ1) is 15.2. The maximum atomic E-state index is 13.5. The summed E-state index contributed by atoms with van der Waals surface area (Å²) >= 11 is 3.06. The average Bonchev–Trinajstić information content (AvgIpc) is 3.49. The van der Waals surface area contributed by atoms with Crippen LogP contribution in [0.25, 0.3) is 10.2 Å². The van der Waals surface area contributed by atoms with Crippen LogP contribution < -0.4 is 5.32 Å². The van der Waals surface area contributed by atoms with Crippen LogP contribution in [0.2, 0.25) is 0 Å². The maximum Gasteiger partial charge on any atom is 0.265 e. The molecule has 1 fully saturated rings. The van der Waals surface area contributed by atoms with Gasteiger partial charge in [0.2, 0.25) is 0 Å². The number of benzene rings is 2. The molecule has 156 valence electrons. The first-order valence-electron chi connectivity index (χ1n) is 10.3. The van der Waals surface area contributed by atoms with Crippen molar-refractivity contribution >= 4 is 50.4 Å². The predicted octanol–water partition coefficient (Wildman–Crippen LogP) is 5.98. The molecule has 0 bridgehead atoms. The Balaban J connectivity index is 1.39. The van der Waals surface area contributed by atoms with E-state index < -0.39 is 0 Å². The molecule has 0 unspecified atom stereocenters. The van der Waals surface area contributed by atoms with Crippen molar-refractivity contribution in [2.45, 2.75) is 25.3 Å². The molecule has 1 aliphatic rings. The zero-order chi connectivity index (χ0) is 21.2. The largest absolute Gasteiger partial charge is 0.329 e. The number of fused-ring (bicyclic) bond motifs is 1. The normalized spacial score (nSPS) is 16.4. The Morgan fingerprint density at radius 1 is 1.03 bits per heavy atom. The number of para-hydroxylation sites is 1. The topological polar surface area (TPSA) is 62.3 Å². The van der Waals surface area contributed by atoms with Gasteiger partial charge in [0.05, 0.1) is 21.1 Å². The Kier molecular flexibility index (Phi) is 5.53. The number of aromatic nitrogens is 1. The van der Waals surface area contributed by atoms with E-state index in [4.69, 9.17) is 4.98 Å². The number of thiophene rings is 1. The minimum atomic E-state index is -0.162. The minimum absolute atomic E-state index is 0.0111. The van der Waals surface area contributed by atoms with Crippen LogP contribution >= 0.6 is 22.7 Å². The molecule has 1 aliphatic heterocycles. The van der Waals surface area contributed by atoms with E-state index in [2.05, 4.69) is 11.4 Å². The fourth-order valence-corrected chi connectivity index (χ4v) is 5.69. The fraction of sp³-hybridized carbons (Fsp3) is 0.208. The molecule has 0 saturated carbocycles. The van der Waals surface area contributed by atoms with Crippen LogP contribution in [0.4, 0.5) is 5.69 Å². The number of carbonyl (C=O) groups excluding carboxylic acids is 2. The Morgan fingerprint density at radius 3 is 2.77 bits per heavy atom. The van der Waals surface area contributed by atoms with Crippen LogP contribution in [-0.4, -0.2) is 28.2 Å². The number of hydrogen-bond acceptors (Lipinski definition) is 5. The number of carbonyl (C=O) groups is 2. The Labute approximate surface area is 188 Å². The molecular formula is C24H21N3O2S2. The third-order valence-electron chi connectivity index (χ3n) is 5.47. The second kappa shape index (κ2) is 8.61. The van der Waals surface area contributed by atoms with E-state index in [-0.39, 0.29) is 17.9 Å². The zero-order valence-corrected chi connectivity index (χ0v) is 18.4. The lowest BCUT2D eigenvalue weighted by atomic mass is 10.0. The van der Waals surface area contributed by atoms with E-state index in [0.717, 1.165) is 34.5 Å². The van der Waals surface area contributed by atoms with Gasteiger partial charge in [-0.05, 0) is 61.0 Å². The summed E-state index contributed by atoms with van der Waals surface area (Å²) in [6.07, 6.45) is 2.99. The monoisotopic (exact) mass is 447 g/mol. The van der Waals surface area contributed by atoms with Crippen LogP contribution in [0.15, 0.2) is 66.0 Å². The summed E-state index contributed by atoms with van der Waals surface area (Å²) in [7, 11) is 0. The summed E-state index contributed by atoms with van der Waals surface area (Å²) in [4.78, 5) is 33.2. The first-order valence-corrected chi connectivity index (χ1v) is 12.0. The van der Waals surface area contributed by atoms with E-state index in [9.17, 15) is 9.59 Å². The van der Waals surface area contributed by atoms with Gasteiger partial charge in [0, 0.05) is 17.8 Å². The molecule has 0 radical (unpaired) electrons. The van der Waals surface area contributed by atoms with E-state index in [1.165, 1.54) is 11.3 Å². The van der Waals surface area contributed by atoms with E-state index in [1.54, 1.807) is 23.5 Å². The third-order valence-corrected chi connectivity index (χ3v) is 7.48. The molecule has 7 heteroatoms. The Hall–Kier alpha value is -3.03. The minimum Gasteiger partial charge on any atom is -0.329 e. The first kappa shape index (κ1) is 19.9. The highest BCUT2D eigenvalue weighted by Crippen LogP contribution is 2.36. The van der Waals surface area contributed by atoms with Crippen molar-refractivity contribution in [3.63, 3.8) is 0 Å². The van der Waals surface area contributed by atoms with Crippen molar-refractivity contribution in [3.8, 4) is 0 Å². The van der Waals surface area contributed by atoms with Crippen molar-refractivity contribution in [1.29, 1.82) is 0 Å². The molecule has 4 aromatic rings. The van der Waals surface area contributed by atoms with Crippen molar-refractivity contribution in [2.24, 2.45) is 0 Å². The molecule has 5 rings (SSSR count). The van der Waals surface area contributed by atoms with Crippen molar-refractivity contribution in [2.75, 3.05) is 11.9 Å². The lowest BCUT2D eigenvalue weighted by Crippen LogP contribution is -2.38. The quantitative estimate of drug-likeness (QED) is 0.419. The molecule has 1 saturated heterocycles. The highest BCUT2D eigenvalue weighted by molar-refractivity contribution is 7.18. The number of rotatable bonds is 4. The highest BCUT2D eigenvalue weighted by Gasteiger charge is 2.31. The molecule has 0 spiro atoms. The van der Waals surface area contributed by atoms with Gasteiger partial charge in [0.25, 0.3) is 11.8 Å². The second-order valence-corrected chi connectivity index (χ2v) is 9.55. The molecule has 3 heterocycles. The molecule has 31 heavy (non-hydrogen) atoms. The molecule has 1 atom stereocenters. The molecule has 0 aliphatic carbocycles. The number of nitrogens with zero attached hydrogens (tertiary/aromatic N) is 2. The number of anilines is 1. The van der Waals surface area contributed by atoms with E-state index >= 15 is 0 Å². The number of thiazole rings is 1. The lowest BCUT2D eigenvalue weighted by molar-refractivity contribution is 0.0611. The van der Waals surface area contributed by atoms with Crippen LogP contribution in [0.5, 0.6) is 0 Å². The van der Waals surface area contributed by atoms with Crippen LogP contribution in [0.3, 0.4) is 0 Å². The van der Waals surface area contributed by atoms with Crippen LogP contribution in [-0.2, 0) is 0 Å². The summed E-state index contributed by atoms with van der Waals surface area (Å²) < 4.78 is 1.15. The van der Waals surface area contributed by atoms with Gasteiger partial charge in [-0.15, -0.1) is 22.7 Å². The van der Waals surface area contributed by atoms with Gasteiger partial charge in [0.1, 0.15) is 5.01 Å². The van der Waals surface area contributed by atoms with Gasteiger partial charge in [-0.1, -0.05) is 24.3 Å². The summed E-state index contributed by atoms with van der Waals surface area (Å²) in [5, 5.41) is 5.76. The van der Waals surface area contributed by atoms with E-state index in [1.807, 2.05) is 52.7 Å². The zero-order valence-electron chi connectivity index (χ0n) is 16.8. The SMILES string of the molecule is O=C(Nc1cccc(C(=O)N2CCCC[C@@H]2c2nc3ccccc3s2)c1)c1cccs1. The van der Waals surface area contributed by atoms with Gasteiger partial charge in [-0.25, -0.2) is 4.98 Å². The Bertz CT molecular complexity index is 1200. The van der Waals surface area contributed by atoms with Crippen LogP contribution in [0, 0.1) is 0 Å². The average molecular weight is 448 g/mol. The molecular weight excluding hydrogens is 426 g/mol. The molecule has 2 aromatic carbocycles. The lowest BCUT2D eigenvalue weighted by Gasteiger charge is -2.34. The molecule has 2 amide bonds. The summed E-state index contributed by atoms with van der Waals surface area (Å²) in [5.74, 6) is -0.180. The van der Waals surface area contributed by atoms with Gasteiger partial charge in [-0.3, -0.25) is 9.59 Å². The highest BCUT2D eigenvalue weighted by atomic mass is 32.1. The molecule has 5 nitrogen and oxygen atoms in total.